The van der Waals surface area contributed by atoms with Crippen molar-refractivity contribution in [1.82, 2.24) is 9.29 Å². The summed E-state index contributed by atoms with van der Waals surface area (Å²) in [5, 5.41) is 0.529. The van der Waals surface area contributed by atoms with E-state index in [1.54, 1.807) is 25.3 Å². The topological polar surface area (TPSA) is 87.6 Å². The Morgan fingerprint density at radius 2 is 1.56 bits per heavy atom. The van der Waals surface area contributed by atoms with Crippen molar-refractivity contribution in [2.45, 2.75) is 16.7 Å². The quantitative estimate of drug-likeness (QED) is 0.722. The Morgan fingerprint density at radius 3 is 2.11 bits per heavy atom. The van der Waals surface area contributed by atoms with Gasteiger partial charge in [0.2, 0.25) is 10.0 Å². The number of aromatic nitrogens is 1. The Kier molecular flexibility index (Phi) is 5.76. The smallest absolute Gasteiger partial charge is 0.243 e. The highest BCUT2D eigenvalue weighted by Gasteiger charge is 2.29. The number of sulfone groups is 1. The molecule has 27 heavy (non-hydrogen) atoms. The van der Waals surface area contributed by atoms with Crippen LogP contribution in [-0.4, -0.2) is 58.1 Å². The van der Waals surface area contributed by atoms with Crippen LogP contribution in [0.3, 0.4) is 0 Å². The summed E-state index contributed by atoms with van der Waals surface area (Å²) in [7, 11) is -7.05. The number of benzene rings is 1. The SMILES string of the molecule is CCS(=O)(=O)c1ccc(S(=O)(=O)N2CCN(c3ncccc3Cl)CC2)cc1. The lowest BCUT2D eigenvalue weighted by Crippen LogP contribution is -2.49. The second-order valence-electron chi connectivity index (χ2n) is 6.07. The Bertz CT molecular complexity index is 1020. The average Bonchev–Trinajstić information content (AvgIpc) is 2.68. The van der Waals surface area contributed by atoms with Gasteiger partial charge in [-0.25, -0.2) is 21.8 Å². The van der Waals surface area contributed by atoms with Crippen molar-refractivity contribution in [2.24, 2.45) is 0 Å². The van der Waals surface area contributed by atoms with Gasteiger partial charge in [0.15, 0.2) is 9.84 Å². The van der Waals surface area contributed by atoms with Gasteiger partial charge in [0.05, 0.1) is 20.6 Å². The molecule has 0 amide bonds. The number of sulfonamides is 1. The van der Waals surface area contributed by atoms with E-state index in [1.165, 1.54) is 28.6 Å². The van der Waals surface area contributed by atoms with Gasteiger partial charge in [0.1, 0.15) is 5.82 Å². The lowest BCUT2D eigenvalue weighted by atomic mass is 10.3. The molecule has 2 heterocycles. The van der Waals surface area contributed by atoms with E-state index >= 15 is 0 Å². The normalized spacial score (nSPS) is 16.4. The van der Waals surface area contributed by atoms with E-state index in [1.807, 2.05) is 4.90 Å². The van der Waals surface area contributed by atoms with Crippen LogP contribution in [-0.2, 0) is 19.9 Å². The Morgan fingerprint density at radius 1 is 0.963 bits per heavy atom. The van der Waals surface area contributed by atoms with Crippen LogP contribution in [0.4, 0.5) is 5.82 Å². The second kappa shape index (κ2) is 7.75. The summed E-state index contributed by atoms with van der Waals surface area (Å²) in [6.07, 6.45) is 1.65. The fraction of sp³-hybridized carbons (Fsp3) is 0.353. The van der Waals surface area contributed by atoms with Gasteiger partial charge < -0.3 is 4.90 Å². The van der Waals surface area contributed by atoms with Crippen LogP contribution in [0.5, 0.6) is 0 Å². The van der Waals surface area contributed by atoms with Crippen LogP contribution in [0, 0.1) is 0 Å². The molecule has 1 aliphatic heterocycles. The molecule has 1 aromatic carbocycles. The molecule has 0 radical (unpaired) electrons. The molecule has 146 valence electrons. The molecule has 1 fully saturated rings. The number of piperazine rings is 1. The van der Waals surface area contributed by atoms with E-state index in [4.69, 9.17) is 11.6 Å². The van der Waals surface area contributed by atoms with Crippen LogP contribution in [0.15, 0.2) is 52.4 Å². The van der Waals surface area contributed by atoms with Crippen LogP contribution in [0.2, 0.25) is 5.02 Å². The van der Waals surface area contributed by atoms with Crippen molar-refractivity contribution < 1.29 is 16.8 Å². The maximum Gasteiger partial charge on any atom is 0.243 e. The number of hydrogen-bond acceptors (Lipinski definition) is 6. The summed E-state index contributed by atoms with van der Waals surface area (Å²) in [4.78, 5) is 6.42. The molecule has 0 N–H and O–H groups in total. The van der Waals surface area contributed by atoms with Gasteiger partial charge in [-0.1, -0.05) is 18.5 Å². The number of halogens is 1. The highest BCUT2D eigenvalue weighted by Crippen LogP contribution is 2.25. The summed E-state index contributed by atoms with van der Waals surface area (Å²) in [6.45, 7) is 3.08. The van der Waals surface area contributed by atoms with Gasteiger partial charge in [-0.3, -0.25) is 0 Å². The molecular weight excluding hydrogens is 410 g/mol. The van der Waals surface area contributed by atoms with Gasteiger partial charge in [-0.2, -0.15) is 4.31 Å². The van der Waals surface area contributed by atoms with E-state index < -0.39 is 19.9 Å². The Labute approximate surface area is 164 Å². The van der Waals surface area contributed by atoms with E-state index in [9.17, 15) is 16.8 Å². The van der Waals surface area contributed by atoms with Crippen molar-refractivity contribution >= 4 is 37.3 Å². The van der Waals surface area contributed by atoms with Crippen molar-refractivity contribution in [3.8, 4) is 0 Å². The molecule has 10 heteroatoms. The molecule has 0 aliphatic carbocycles. The van der Waals surface area contributed by atoms with E-state index in [0.717, 1.165) is 0 Å². The maximum atomic E-state index is 12.8. The monoisotopic (exact) mass is 429 g/mol. The zero-order valence-electron chi connectivity index (χ0n) is 14.7. The highest BCUT2D eigenvalue weighted by molar-refractivity contribution is 7.91. The number of pyridine rings is 1. The van der Waals surface area contributed by atoms with Crippen LogP contribution in [0.25, 0.3) is 0 Å². The molecule has 0 atom stereocenters. The molecule has 1 aliphatic rings. The third-order valence-corrected chi connectivity index (χ3v) is 8.44. The minimum atomic E-state index is -3.69. The lowest BCUT2D eigenvalue weighted by Gasteiger charge is -2.35. The number of rotatable bonds is 5. The Balaban J connectivity index is 1.74. The van der Waals surface area contributed by atoms with Crippen LogP contribution < -0.4 is 4.90 Å². The third-order valence-electron chi connectivity index (χ3n) is 4.48. The fourth-order valence-electron chi connectivity index (χ4n) is 2.88. The zero-order chi connectivity index (χ0) is 19.7. The van der Waals surface area contributed by atoms with E-state index in [0.29, 0.717) is 37.0 Å². The van der Waals surface area contributed by atoms with Gasteiger partial charge in [-0.15, -0.1) is 0 Å². The second-order valence-corrected chi connectivity index (χ2v) is 10.7. The van der Waals surface area contributed by atoms with Crippen molar-refractivity contribution in [2.75, 3.05) is 36.8 Å². The average molecular weight is 430 g/mol. The minimum absolute atomic E-state index is 0.0306. The first kappa shape index (κ1) is 20.1. The summed E-state index contributed by atoms with van der Waals surface area (Å²) in [6, 6.07) is 8.87. The van der Waals surface area contributed by atoms with Crippen molar-refractivity contribution in [3.63, 3.8) is 0 Å². The van der Waals surface area contributed by atoms with E-state index in [-0.39, 0.29) is 15.5 Å². The summed E-state index contributed by atoms with van der Waals surface area (Å²) in [5.74, 6) is 0.613. The predicted octanol–water partition coefficient (Wildman–Crippen LogP) is 2.04. The molecule has 3 rings (SSSR count). The maximum absolute atomic E-state index is 12.8. The van der Waals surface area contributed by atoms with Gasteiger partial charge in [0.25, 0.3) is 0 Å². The first-order valence-corrected chi connectivity index (χ1v) is 11.9. The van der Waals surface area contributed by atoms with Gasteiger partial charge >= 0.3 is 0 Å². The standard InChI is InChI=1S/C17H20ClN3O4S2/c1-2-26(22,23)14-5-7-15(8-6-14)27(24,25)21-12-10-20(11-13-21)17-16(18)4-3-9-19-17/h3-9H,2,10-13H2,1H3. The predicted molar refractivity (Wildman–Crippen MR) is 104 cm³/mol. The summed E-state index contributed by atoms with van der Waals surface area (Å²) >= 11 is 6.16. The minimum Gasteiger partial charge on any atom is -0.353 e. The fourth-order valence-corrected chi connectivity index (χ4v) is 5.43. The van der Waals surface area contributed by atoms with Crippen molar-refractivity contribution in [1.29, 1.82) is 0 Å². The first-order chi connectivity index (χ1) is 12.8. The third kappa shape index (κ3) is 4.11. The summed E-state index contributed by atoms with van der Waals surface area (Å²) in [5.41, 5.74) is 0. The first-order valence-electron chi connectivity index (χ1n) is 8.44. The lowest BCUT2D eigenvalue weighted by molar-refractivity contribution is 0.384. The Hall–Kier alpha value is -1.68. The van der Waals surface area contributed by atoms with E-state index in [2.05, 4.69) is 4.98 Å². The number of hydrogen-bond donors (Lipinski definition) is 0. The highest BCUT2D eigenvalue weighted by atomic mass is 35.5. The molecule has 7 nitrogen and oxygen atoms in total. The van der Waals surface area contributed by atoms with Crippen LogP contribution >= 0.6 is 11.6 Å². The molecule has 0 saturated carbocycles. The molecular formula is C17H20ClN3O4S2. The van der Waals surface area contributed by atoms with Gasteiger partial charge in [0, 0.05) is 32.4 Å². The number of anilines is 1. The number of nitrogens with zero attached hydrogens (tertiary/aromatic N) is 3. The molecule has 0 bridgehead atoms. The van der Waals surface area contributed by atoms with Gasteiger partial charge in [-0.05, 0) is 36.4 Å². The zero-order valence-corrected chi connectivity index (χ0v) is 17.1. The van der Waals surface area contributed by atoms with Crippen LogP contribution in [0.1, 0.15) is 6.92 Å². The summed E-state index contributed by atoms with van der Waals surface area (Å²) < 4.78 is 50.8. The molecule has 1 aromatic heterocycles. The largest absolute Gasteiger partial charge is 0.353 e. The molecule has 0 unspecified atom stereocenters. The molecule has 1 saturated heterocycles. The molecule has 0 spiro atoms. The molecule has 2 aromatic rings. The van der Waals surface area contributed by atoms with Crippen molar-refractivity contribution in [3.05, 3.63) is 47.6 Å².